The molecule has 0 saturated carbocycles. The monoisotopic (exact) mass is 252 g/mol. The number of carbonyl (C=O) groups excluding carboxylic acids is 2. The molecule has 3 nitrogen and oxygen atoms in total. The first-order valence-corrected chi connectivity index (χ1v) is 5.09. The quantitative estimate of drug-likeness (QED) is 0.558. The molecule has 0 amide bonds. The van der Waals surface area contributed by atoms with E-state index in [2.05, 4.69) is 4.74 Å². The van der Waals surface area contributed by atoms with Crippen molar-refractivity contribution in [3.05, 3.63) is 11.6 Å². The van der Waals surface area contributed by atoms with Crippen LogP contribution in [0.3, 0.4) is 0 Å². The molecule has 0 aliphatic carbocycles. The first-order chi connectivity index (χ1) is 7.68. The lowest BCUT2D eigenvalue weighted by atomic mass is 10.0. The number of hydrogen-bond acceptors (Lipinski definition) is 3. The highest BCUT2D eigenvalue weighted by molar-refractivity contribution is 5.93. The number of hydrogen-bond donors (Lipinski definition) is 0. The van der Waals surface area contributed by atoms with E-state index in [1.54, 1.807) is 13.8 Å². The Bertz CT molecular complexity index is 314. The molecule has 0 aromatic carbocycles. The number of alkyl halides is 3. The van der Waals surface area contributed by atoms with Crippen molar-refractivity contribution in [3.63, 3.8) is 0 Å². The normalized spacial score (nSPS) is 12.8. The van der Waals surface area contributed by atoms with Crippen LogP contribution in [0.4, 0.5) is 13.2 Å². The molecule has 1 unspecified atom stereocenters. The Morgan fingerprint density at radius 3 is 2.18 bits per heavy atom. The second-order valence-corrected chi connectivity index (χ2v) is 3.74. The molecule has 0 radical (unpaired) electrons. The number of allylic oxidation sites excluding steroid dienone is 2. The Balaban J connectivity index is 4.79. The number of carbonyl (C=O) groups is 2. The van der Waals surface area contributed by atoms with Gasteiger partial charge in [0.05, 0.1) is 6.61 Å². The Labute approximate surface area is 97.6 Å². The molecule has 0 rings (SSSR count). The molecule has 0 aromatic heterocycles. The van der Waals surface area contributed by atoms with Crippen LogP contribution in [0.2, 0.25) is 0 Å². The highest BCUT2D eigenvalue weighted by Gasteiger charge is 2.46. The summed E-state index contributed by atoms with van der Waals surface area (Å²) in [5.41, 5.74) is 0.583. The third-order valence-corrected chi connectivity index (χ3v) is 1.82. The lowest BCUT2D eigenvalue weighted by molar-refractivity contribution is -0.198. The van der Waals surface area contributed by atoms with Crippen LogP contribution in [0.15, 0.2) is 11.6 Å². The van der Waals surface area contributed by atoms with Gasteiger partial charge in [0, 0.05) is 6.42 Å². The van der Waals surface area contributed by atoms with Gasteiger partial charge in [-0.25, -0.2) is 0 Å². The Morgan fingerprint density at radius 1 is 1.29 bits per heavy atom. The lowest BCUT2D eigenvalue weighted by Crippen LogP contribution is -2.34. The number of ether oxygens (including phenoxy) is 1. The van der Waals surface area contributed by atoms with Gasteiger partial charge in [0.25, 0.3) is 0 Å². The van der Waals surface area contributed by atoms with Crippen LogP contribution in [-0.2, 0) is 14.3 Å². The van der Waals surface area contributed by atoms with E-state index in [1.165, 1.54) is 6.92 Å². The van der Waals surface area contributed by atoms with Gasteiger partial charge in [-0.15, -0.1) is 0 Å². The summed E-state index contributed by atoms with van der Waals surface area (Å²) in [4.78, 5) is 22.3. The van der Waals surface area contributed by atoms with Crippen LogP contribution in [0.5, 0.6) is 0 Å². The molecule has 0 aliphatic heterocycles. The van der Waals surface area contributed by atoms with Crippen molar-refractivity contribution >= 4 is 11.8 Å². The van der Waals surface area contributed by atoms with Gasteiger partial charge in [-0.05, 0) is 26.8 Å². The maximum Gasteiger partial charge on any atom is 0.402 e. The van der Waals surface area contributed by atoms with E-state index in [1.807, 2.05) is 0 Å². The molecular formula is C11H15F3O3. The first-order valence-electron chi connectivity index (χ1n) is 5.09. The van der Waals surface area contributed by atoms with Crippen molar-refractivity contribution in [1.82, 2.24) is 0 Å². The van der Waals surface area contributed by atoms with E-state index in [0.717, 1.165) is 6.08 Å². The van der Waals surface area contributed by atoms with Crippen LogP contribution in [0.1, 0.15) is 27.2 Å². The summed E-state index contributed by atoms with van der Waals surface area (Å²) in [7, 11) is 0. The second-order valence-electron chi connectivity index (χ2n) is 3.74. The maximum absolute atomic E-state index is 12.5. The first kappa shape index (κ1) is 15.7. The van der Waals surface area contributed by atoms with E-state index < -0.39 is 30.3 Å². The molecule has 0 aromatic rings. The molecular weight excluding hydrogens is 237 g/mol. The third-order valence-electron chi connectivity index (χ3n) is 1.82. The van der Waals surface area contributed by atoms with Gasteiger partial charge >= 0.3 is 12.1 Å². The predicted octanol–water partition coefficient (Wildman–Crippen LogP) is 2.65. The molecule has 0 N–H and O–H groups in total. The molecule has 1 atom stereocenters. The highest BCUT2D eigenvalue weighted by atomic mass is 19.4. The van der Waals surface area contributed by atoms with Crippen molar-refractivity contribution < 1.29 is 27.5 Å². The molecule has 0 fully saturated rings. The summed E-state index contributed by atoms with van der Waals surface area (Å²) < 4.78 is 41.9. The number of rotatable bonds is 5. The molecule has 0 bridgehead atoms. The zero-order valence-corrected chi connectivity index (χ0v) is 9.93. The smallest absolute Gasteiger partial charge is 0.402 e. The average molecular weight is 252 g/mol. The van der Waals surface area contributed by atoms with Gasteiger partial charge in [0.15, 0.2) is 11.7 Å². The topological polar surface area (TPSA) is 43.4 Å². The van der Waals surface area contributed by atoms with Crippen molar-refractivity contribution in [2.24, 2.45) is 5.92 Å². The van der Waals surface area contributed by atoms with E-state index in [4.69, 9.17) is 0 Å². The second kappa shape index (κ2) is 6.42. The number of ketones is 1. The Kier molecular flexibility index (Phi) is 5.91. The van der Waals surface area contributed by atoms with Crippen molar-refractivity contribution in [2.75, 3.05) is 6.61 Å². The van der Waals surface area contributed by atoms with Crippen molar-refractivity contribution in [3.8, 4) is 0 Å². The minimum atomic E-state index is -4.77. The zero-order chi connectivity index (χ0) is 13.6. The van der Waals surface area contributed by atoms with E-state index in [0.29, 0.717) is 5.57 Å². The lowest BCUT2D eigenvalue weighted by Gasteiger charge is -2.17. The van der Waals surface area contributed by atoms with Crippen molar-refractivity contribution in [1.29, 1.82) is 0 Å². The fraction of sp³-hybridized carbons (Fsp3) is 0.636. The average Bonchev–Trinajstić information content (AvgIpc) is 2.11. The molecule has 17 heavy (non-hydrogen) atoms. The van der Waals surface area contributed by atoms with Gasteiger partial charge in [0.1, 0.15) is 0 Å². The fourth-order valence-corrected chi connectivity index (χ4v) is 1.16. The van der Waals surface area contributed by atoms with Crippen LogP contribution < -0.4 is 0 Å². The van der Waals surface area contributed by atoms with Crippen LogP contribution in [0.25, 0.3) is 0 Å². The van der Waals surface area contributed by atoms with Crippen LogP contribution in [-0.4, -0.2) is 24.5 Å². The molecule has 98 valence electrons. The molecule has 0 spiro atoms. The van der Waals surface area contributed by atoms with Gasteiger partial charge < -0.3 is 4.74 Å². The summed E-state index contributed by atoms with van der Waals surface area (Å²) in [5, 5.41) is 0. The zero-order valence-electron chi connectivity index (χ0n) is 9.93. The summed E-state index contributed by atoms with van der Waals surface area (Å²) in [6.45, 7) is 4.43. The largest absolute Gasteiger partial charge is 0.466 e. The van der Waals surface area contributed by atoms with Gasteiger partial charge in [-0.3, -0.25) is 9.59 Å². The Morgan fingerprint density at radius 2 is 1.82 bits per heavy atom. The molecule has 0 saturated heterocycles. The molecule has 6 heteroatoms. The molecule has 0 heterocycles. The summed E-state index contributed by atoms with van der Waals surface area (Å²) in [6, 6.07) is 0. The van der Waals surface area contributed by atoms with Crippen LogP contribution >= 0.6 is 0 Å². The van der Waals surface area contributed by atoms with E-state index in [-0.39, 0.29) is 6.61 Å². The SMILES string of the molecule is CCOC(=O)C(CC(=O)C=C(C)C)C(F)(F)F. The third kappa shape index (κ3) is 6.09. The molecule has 0 aliphatic rings. The van der Waals surface area contributed by atoms with Gasteiger partial charge in [-0.1, -0.05) is 5.57 Å². The standard InChI is InChI=1S/C11H15F3O3/c1-4-17-10(16)9(11(12,13)14)6-8(15)5-7(2)3/h5,9H,4,6H2,1-3H3. The number of esters is 1. The van der Waals surface area contributed by atoms with Gasteiger partial charge in [-0.2, -0.15) is 13.2 Å². The van der Waals surface area contributed by atoms with Gasteiger partial charge in [0.2, 0.25) is 0 Å². The Hall–Kier alpha value is -1.33. The fourth-order valence-electron chi connectivity index (χ4n) is 1.16. The van der Waals surface area contributed by atoms with Crippen molar-refractivity contribution in [2.45, 2.75) is 33.4 Å². The summed E-state index contributed by atoms with van der Waals surface area (Å²) in [5.74, 6) is -4.53. The van der Waals surface area contributed by atoms with Crippen LogP contribution in [0, 0.1) is 5.92 Å². The minimum absolute atomic E-state index is 0.151. The predicted molar refractivity (Wildman–Crippen MR) is 55.2 cm³/mol. The summed E-state index contributed by atoms with van der Waals surface area (Å²) >= 11 is 0. The number of halogens is 3. The summed E-state index contributed by atoms with van der Waals surface area (Å²) in [6.07, 6.45) is -4.59. The minimum Gasteiger partial charge on any atom is -0.466 e. The highest BCUT2D eigenvalue weighted by Crippen LogP contribution is 2.30. The van der Waals surface area contributed by atoms with E-state index in [9.17, 15) is 22.8 Å². The van der Waals surface area contributed by atoms with E-state index >= 15 is 0 Å². The maximum atomic E-state index is 12.5.